The Morgan fingerprint density at radius 2 is 2.25 bits per heavy atom. The molecule has 0 unspecified atom stereocenters. The first-order valence-electron chi connectivity index (χ1n) is 8.06. The molecule has 1 aliphatic rings. The van der Waals surface area contributed by atoms with Gasteiger partial charge in [0.2, 0.25) is 0 Å². The van der Waals surface area contributed by atoms with Gasteiger partial charge in [-0.15, -0.1) is 0 Å². The SMILES string of the molecule is Cc1cscc1C(=O)NC[C@@H]1C[C@H](F)CN1Cc1c(C)noc1C. The molecule has 130 valence electrons. The quantitative estimate of drug-likeness (QED) is 0.900. The lowest BCUT2D eigenvalue weighted by Crippen LogP contribution is -2.40. The summed E-state index contributed by atoms with van der Waals surface area (Å²) < 4.78 is 19.1. The molecular formula is C17H22FN3O2S. The van der Waals surface area contributed by atoms with Crippen LogP contribution >= 0.6 is 11.3 Å². The molecule has 0 aliphatic carbocycles. The Labute approximate surface area is 144 Å². The predicted molar refractivity (Wildman–Crippen MR) is 91.1 cm³/mol. The summed E-state index contributed by atoms with van der Waals surface area (Å²) in [4.78, 5) is 14.3. The van der Waals surface area contributed by atoms with Crippen LogP contribution in [0.1, 0.15) is 39.4 Å². The van der Waals surface area contributed by atoms with Gasteiger partial charge in [0.1, 0.15) is 11.9 Å². The zero-order valence-electron chi connectivity index (χ0n) is 14.1. The monoisotopic (exact) mass is 351 g/mol. The molecule has 0 radical (unpaired) electrons. The molecule has 0 spiro atoms. The highest BCUT2D eigenvalue weighted by Crippen LogP contribution is 2.25. The van der Waals surface area contributed by atoms with Crippen LogP contribution < -0.4 is 5.32 Å². The van der Waals surface area contributed by atoms with Gasteiger partial charge in [-0.05, 0) is 38.1 Å². The zero-order chi connectivity index (χ0) is 17.3. The lowest BCUT2D eigenvalue weighted by atomic mass is 10.1. The number of alkyl halides is 1. The lowest BCUT2D eigenvalue weighted by Gasteiger charge is -2.24. The normalized spacial score (nSPS) is 21.3. The van der Waals surface area contributed by atoms with Gasteiger partial charge in [-0.2, -0.15) is 11.3 Å². The van der Waals surface area contributed by atoms with E-state index in [9.17, 15) is 9.18 Å². The minimum absolute atomic E-state index is 0.0170. The average molecular weight is 351 g/mol. The van der Waals surface area contributed by atoms with E-state index in [4.69, 9.17) is 4.52 Å². The molecule has 2 atom stereocenters. The molecule has 2 aromatic heterocycles. The number of hydrogen-bond acceptors (Lipinski definition) is 5. The average Bonchev–Trinajstić information content (AvgIpc) is 3.20. The van der Waals surface area contributed by atoms with Gasteiger partial charge in [-0.1, -0.05) is 5.16 Å². The van der Waals surface area contributed by atoms with Crippen LogP contribution in [0.5, 0.6) is 0 Å². The Morgan fingerprint density at radius 3 is 2.88 bits per heavy atom. The molecule has 1 N–H and O–H groups in total. The van der Waals surface area contributed by atoms with Crippen molar-refractivity contribution < 1.29 is 13.7 Å². The van der Waals surface area contributed by atoms with Crippen LogP contribution in [-0.4, -0.2) is 41.3 Å². The summed E-state index contributed by atoms with van der Waals surface area (Å²) in [6.45, 7) is 7.10. The number of carbonyl (C=O) groups is 1. The van der Waals surface area contributed by atoms with Crippen molar-refractivity contribution in [2.45, 2.75) is 46.0 Å². The van der Waals surface area contributed by atoms with E-state index in [1.165, 1.54) is 11.3 Å². The topological polar surface area (TPSA) is 58.4 Å². The lowest BCUT2D eigenvalue weighted by molar-refractivity contribution is 0.0939. The number of halogens is 1. The van der Waals surface area contributed by atoms with Gasteiger partial charge in [-0.3, -0.25) is 9.69 Å². The number of amides is 1. The fraction of sp³-hybridized carbons (Fsp3) is 0.529. The molecule has 1 fully saturated rings. The Bertz CT molecular complexity index is 708. The Hall–Kier alpha value is -1.73. The highest BCUT2D eigenvalue weighted by Gasteiger charge is 2.33. The van der Waals surface area contributed by atoms with E-state index in [0.717, 1.165) is 22.6 Å². The van der Waals surface area contributed by atoms with Gasteiger partial charge in [0.15, 0.2) is 0 Å². The molecule has 0 aromatic carbocycles. The maximum Gasteiger partial charge on any atom is 0.252 e. The van der Waals surface area contributed by atoms with Crippen molar-refractivity contribution in [1.82, 2.24) is 15.4 Å². The van der Waals surface area contributed by atoms with Crippen molar-refractivity contribution in [3.63, 3.8) is 0 Å². The first-order chi connectivity index (χ1) is 11.5. The molecule has 1 saturated heterocycles. The van der Waals surface area contributed by atoms with Crippen LogP contribution in [0.3, 0.4) is 0 Å². The van der Waals surface area contributed by atoms with Crippen LogP contribution in [0, 0.1) is 20.8 Å². The van der Waals surface area contributed by atoms with Crippen LogP contribution in [0.15, 0.2) is 15.3 Å². The molecule has 1 amide bonds. The molecule has 0 bridgehead atoms. The Morgan fingerprint density at radius 1 is 1.46 bits per heavy atom. The number of aromatic nitrogens is 1. The maximum absolute atomic E-state index is 13.9. The summed E-state index contributed by atoms with van der Waals surface area (Å²) in [6.07, 6.45) is -0.429. The van der Waals surface area contributed by atoms with Gasteiger partial charge in [-0.25, -0.2) is 4.39 Å². The van der Waals surface area contributed by atoms with E-state index in [1.807, 2.05) is 31.5 Å². The number of carbonyl (C=O) groups excluding carboxylic acids is 1. The number of likely N-dealkylation sites (tertiary alicyclic amines) is 1. The second-order valence-electron chi connectivity index (χ2n) is 6.40. The van der Waals surface area contributed by atoms with E-state index in [-0.39, 0.29) is 11.9 Å². The van der Waals surface area contributed by atoms with Crippen LogP contribution in [-0.2, 0) is 6.54 Å². The summed E-state index contributed by atoms with van der Waals surface area (Å²) in [7, 11) is 0. The van der Waals surface area contributed by atoms with Gasteiger partial charge >= 0.3 is 0 Å². The summed E-state index contributed by atoms with van der Waals surface area (Å²) in [5.41, 5.74) is 3.52. The molecule has 0 saturated carbocycles. The summed E-state index contributed by atoms with van der Waals surface area (Å²) in [6, 6.07) is -0.0170. The maximum atomic E-state index is 13.9. The highest BCUT2D eigenvalue weighted by atomic mass is 32.1. The largest absolute Gasteiger partial charge is 0.361 e. The third-order valence-electron chi connectivity index (χ3n) is 4.62. The van der Waals surface area contributed by atoms with Crippen molar-refractivity contribution in [3.8, 4) is 0 Å². The molecule has 2 aromatic rings. The zero-order valence-corrected chi connectivity index (χ0v) is 15.0. The number of aryl methyl sites for hydroxylation is 3. The van der Waals surface area contributed by atoms with Crippen molar-refractivity contribution >= 4 is 17.2 Å². The third kappa shape index (κ3) is 3.52. The summed E-state index contributed by atoms with van der Waals surface area (Å²) in [5, 5.41) is 10.7. The van der Waals surface area contributed by atoms with E-state index in [1.54, 1.807) is 0 Å². The Balaban J connectivity index is 1.63. The highest BCUT2D eigenvalue weighted by molar-refractivity contribution is 7.08. The van der Waals surface area contributed by atoms with Gasteiger partial charge in [0, 0.05) is 36.6 Å². The minimum atomic E-state index is -0.866. The second kappa shape index (κ2) is 7.03. The van der Waals surface area contributed by atoms with E-state index < -0.39 is 6.17 Å². The van der Waals surface area contributed by atoms with Crippen molar-refractivity contribution in [3.05, 3.63) is 38.9 Å². The molecule has 5 nitrogen and oxygen atoms in total. The van der Waals surface area contributed by atoms with Gasteiger partial charge in [0.25, 0.3) is 5.91 Å². The van der Waals surface area contributed by atoms with Gasteiger partial charge in [0.05, 0.1) is 11.3 Å². The van der Waals surface area contributed by atoms with Crippen molar-refractivity contribution in [2.24, 2.45) is 0 Å². The van der Waals surface area contributed by atoms with Gasteiger partial charge < -0.3 is 9.84 Å². The second-order valence-corrected chi connectivity index (χ2v) is 7.14. The number of rotatable bonds is 5. The van der Waals surface area contributed by atoms with Crippen molar-refractivity contribution in [1.29, 1.82) is 0 Å². The molecule has 7 heteroatoms. The third-order valence-corrected chi connectivity index (χ3v) is 5.48. The summed E-state index contributed by atoms with van der Waals surface area (Å²) in [5.74, 6) is 0.680. The fourth-order valence-electron chi connectivity index (χ4n) is 3.16. The van der Waals surface area contributed by atoms with Crippen LogP contribution in [0.25, 0.3) is 0 Å². The van der Waals surface area contributed by atoms with Crippen molar-refractivity contribution in [2.75, 3.05) is 13.1 Å². The molecule has 3 rings (SSSR count). The first kappa shape index (κ1) is 17.1. The summed E-state index contributed by atoms with van der Waals surface area (Å²) >= 11 is 1.51. The standard InChI is InChI=1S/C17H22FN3O2S/c1-10-8-24-9-16(10)17(22)19-5-14-4-13(18)6-21(14)7-15-11(2)20-23-12(15)3/h8-9,13-14H,4-7H2,1-3H3,(H,19,22)/t13-,14-/m0/s1. The number of thiophene rings is 1. The Kier molecular flexibility index (Phi) is 5.01. The van der Waals surface area contributed by atoms with E-state index >= 15 is 0 Å². The van der Waals surface area contributed by atoms with E-state index in [0.29, 0.717) is 31.6 Å². The fourth-order valence-corrected chi connectivity index (χ4v) is 3.99. The number of nitrogens with one attached hydrogen (secondary N) is 1. The number of hydrogen-bond donors (Lipinski definition) is 1. The molecular weight excluding hydrogens is 329 g/mol. The molecule has 3 heterocycles. The van der Waals surface area contributed by atoms with Crippen LogP contribution in [0.4, 0.5) is 4.39 Å². The minimum Gasteiger partial charge on any atom is -0.361 e. The molecule has 24 heavy (non-hydrogen) atoms. The number of nitrogens with zero attached hydrogens (tertiary/aromatic N) is 2. The van der Waals surface area contributed by atoms with Crippen LogP contribution in [0.2, 0.25) is 0 Å². The molecule has 1 aliphatic heterocycles. The predicted octanol–water partition coefficient (Wildman–Crippen LogP) is 3.00. The first-order valence-corrected chi connectivity index (χ1v) is 9.00. The smallest absolute Gasteiger partial charge is 0.252 e. The van der Waals surface area contributed by atoms with E-state index in [2.05, 4.69) is 15.4 Å².